The van der Waals surface area contributed by atoms with Crippen LogP contribution in [-0.4, -0.2) is 54.8 Å². The van der Waals surface area contributed by atoms with E-state index in [0.29, 0.717) is 33.8 Å². The van der Waals surface area contributed by atoms with Crippen molar-refractivity contribution in [2.24, 2.45) is 4.99 Å². The maximum Gasteiger partial charge on any atom is 0.255 e. The van der Waals surface area contributed by atoms with Crippen LogP contribution in [0, 0.1) is 5.82 Å². The van der Waals surface area contributed by atoms with E-state index in [1.807, 2.05) is 37.2 Å². The third kappa shape index (κ3) is 4.78. The topological polar surface area (TPSA) is 141 Å². The molecular formula is C29H23FN10O. The number of imidazole rings is 1. The molecule has 0 saturated heterocycles. The smallest absolute Gasteiger partial charge is 0.255 e. The summed E-state index contributed by atoms with van der Waals surface area (Å²) in [5, 5.41) is 10.1. The van der Waals surface area contributed by atoms with Crippen molar-refractivity contribution in [2.75, 3.05) is 17.3 Å². The zero-order chi connectivity index (χ0) is 28.5. The summed E-state index contributed by atoms with van der Waals surface area (Å²) < 4.78 is 16.1. The predicted octanol–water partition coefficient (Wildman–Crippen LogP) is 5.35. The first-order chi connectivity index (χ1) is 19.9. The highest BCUT2D eigenvalue weighted by Gasteiger charge is 2.22. The van der Waals surface area contributed by atoms with E-state index in [4.69, 9.17) is 4.98 Å². The molecule has 202 valence electrons. The molecule has 0 spiro atoms. The number of amides is 1. The lowest BCUT2D eigenvalue weighted by Gasteiger charge is -2.14. The van der Waals surface area contributed by atoms with Gasteiger partial charge in [0.1, 0.15) is 17.0 Å². The van der Waals surface area contributed by atoms with E-state index in [2.05, 4.69) is 47.2 Å². The minimum Gasteiger partial charge on any atom is -0.347 e. The van der Waals surface area contributed by atoms with E-state index in [1.165, 1.54) is 18.6 Å². The number of benzene rings is 1. The molecule has 0 unspecified atom stereocenters. The van der Waals surface area contributed by atoms with Crippen molar-refractivity contribution in [1.29, 1.82) is 0 Å². The largest absolute Gasteiger partial charge is 0.347 e. The third-order valence-corrected chi connectivity index (χ3v) is 6.47. The number of hydrogen-bond acceptors (Lipinski definition) is 8. The fourth-order valence-corrected chi connectivity index (χ4v) is 4.46. The molecule has 0 saturated carbocycles. The molecule has 6 rings (SSSR count). The second-order valence-electron chi connectivity index (χ2n) is 9.22. The van der Waals surface area contributed by atoms with E-state index < -0.39 is 5.82 Å². The number of aromatic nitrogens is 7. The number of nitrogens with one attached hydrogen (secondary N) is 3. The van der Waals surface area contributed by atoms with Crippen LogP contribution in [0.2, 0.25) is 0 Å². The number of carbonyl (C=O) groups excluding carboxylic acids is 1. The van der Waals surface area contributed by atoms with Gasteiger partial charge in [0.15, 0.2) is 17.1 Å². The van der Waals surface area contributed by atoms with Crippen LogP contribution in [-0.2, 0) is 0 Å². The first-order valence-electron chi connectivity index (χ1n) is 12.5. The first-order valence-corrected chi connectivity index (χ1v) is 12.5. The quantitative estimate of drug-likeness (QED) is 0.229. The molecule has 41 heavy (non-hydrogen) atoms. The monoisotopic (exact) mass is 546 g/mol. The van der Waals surface area contributed by atoms with Gasteiger partial charge in [0.05, 0.1) is 28.7 Å². The Kier molecular flexibility index (Phi) is 6.48. The average Bonchev–Trinajstić information content (AvgIpc) is 3.62. The van der Waals surface area contributed by atoms with Gasteiger partial charge in [-0.2, -0.15) is 5.10 Å². The van der Waals surface area contributed by atoms with Crippen molar-refractivity contribution in [2.45, 2.75) is 6.92 Å². The van der Waals surface area contributed by atoms with Crippen molar-refractivity contribution < 1.29 is 9.18 Å². The molecule has 0 atom stereocenters. The van der Waals surface area contributed by atoms with Gasteiger partial charge in [-0.1, -0.05) is 18.2 Å². The zero-order valence-corrected chi connectivity index (χ0v) is 22.1. The molecule has 5 heterocycles. The van der Waals surface area contributed by atoms with Crippen LogP contribution in [0.3, 0.4) is 0 Å². The number of carbonyl (C=O) groups is 1. The minimum absolute atomic E-state index is 0.154. The number of pyridine rings is 3. The van der Waals surface area contributed by atoms with Crippen molar-refractivity contribution in [1.82, 2.24) is 35.1 Å². The van der Waals surface area contributed by atoms with Crippen LogP contribution >= 0.6 is 0 Å². The van der Waals surface area contributed by atoms with E-state index >= 15 is 4.39 Å². The maximum absolute atomic E-state index is 16.1. The molecule has 12 heteroatoms. The Hall–Kier alpha value is -5.78. The Labute approximate surface area is 232 Å². The van der Waals surface area contributed by atoms with Gasteiger partial charge < -0.3 is 15.2 Å². The lowest BCUT2D eigenvalue weighted by Crippen LogP contribution is -2.11. The summed E-state index contributed by atoms with van der Waals surface area (Å²) >= 11 is 0. The van der Waals surface area contributed by atoms with Crippen molar-refractivity contribution >= 4 is 46.2 Å². The van der Waals surface area contributed by atoms with E-state index in [0.717, 1.165) is 11.4 Å². The standard InChI is InChI=1S/C29H23FN10O/c1-16(31-2)15-40(3)21-9-10-33-27-24(21)36-28(37-27)25-22-23(30)20(14-34-26(22)39-38-25)18-11-19(13-32-12-18)35-29(41)17-7-5-4-6-8-17/h4-15H,2H2,1,3H3,(H,35,41)(H,33,36,37)(H,34,38,39)/b16-15-. The van der Waals surface area contributed by atoms with Crippen LogP contribution in [0.25, 0.3) is 44.8 Å². The highest BCUT2D eigenvalue weighted by Crippen LogP contribution is 2.34. The number of hydrogen-bond donors (Lipinski definition) is 3. The van der Waals surface area contributed by atoms with E-state index in [9.17, 15) is 4.79 Å². The van der Waals surface area contributed by atoms with Gasteiger partial charge in [-0.05, 0) is 37.9 Å². The third-order valence-electron chi connectivity index (χ3n) is 6.47. The summed E-state index contributed by atoms with van der Waals surface area (Å²) in [5.74, 6) is -0.541. The first kappa shape index (κ1) is 25.5. The summed E-state index contributed by atoms with van der Waals surface area (Å²) in [7, 11) is 1.86. The minimum atomic E-state index is -0.562. The van der Waals surface area contributed by atoms with E-state index in [1.54, 1.807) is 36.5 Å². The number of nitrogens with zero attached hydrogens (tertiary/aromatic N) is 7. The fraction of sp³-hybridized carbons (Fsp3) is 0.0690. The second-order valence-corrected chi connectivity index (χ2v) is 9.22. The van der Waals surface area contributed by atoms with Crippen molar-refractivity contribution in [3.05, 3.63) is 90.5 Å². The van der Waals surface area contributed by atoms with Crippen LogP contribution in [0.1, 0.15) is 17.3 Å². The van der Waals surface area contributed by atoms with Crippen LogP contribution in [0.5, 0.6) is 0 Å². The van der Waals surface area contributed by atoms with Crippen LogP contribution < -0.4 is 10.2 Å². The maximum atomic E-state index is 16.1. The number of allylic oxidation sites excluding steroid dienone is 1. The molecule has 5 aromatic heterocycles. The van der Waals surface area contributed by atoms with Gasteiger partial charge in [0.2, 0.25) is 0 Å². The van der Waals surface area contributed by atoms with Gasteiger partial charge in [-0.15, -0.1) is 0 Å². The zero-order valence-electron chi connectivity index (χ0n) is 22.1. The summed E-state index contributed by atoms with van der Waals surface area (Å²) in [4.78, 5) is 39.2. The number of anilines is 2. The van der Waals surface area contributed by atoms with Gasteiger partial charge in [-0.25, -0.2) is 19.3 Å². The molecular weight excluding hydrogens is 523 g/mol. The number of H-pyrrole nitrogens is 2. The molecule has 11 nitrogen and oxygen atoms in total. The SMILES string of the molecule is C=N/C(C)=C\N(C)c1ccnc2[nH]c(-c3n[nH]c4ncc(-c5cncc(NC(=O)c6ccccc6)c5)c(F)c34)nc12. The molecule has 0 bridgehead atoms. The highest BCUT2D eigenvalue weighted by molar-refractivity contribution is 6.04. The molecule has 0 radical (unpaired) electrons. The molecule has 0 aliphatic rings. The Morgan fingerprint density at radius 1 is 1.12 bits per heavy atom. The molecule has 1 aromatic carbocycles. The fourth-order valence-electron chi connectivity index (χ4n) is 4.46. The van der Waals surface area contributed by atoms with Crippen molar-refractivity contribution in [3.8, 4) is 22.6 Å². The summed E-state index contributed by atoms with van der Waals surface area (Å²) in [5.41, 5.74) is 4.61. The Balaban J connectivity index is 1.39. The Bertz CT molecular complexity index is 1960. The Morgan fingerprint density at radius 3 is 2.76 bits per heavy atom. The summed E-state index contributed by atoms with van der Waals surface area (Å²) in [6.45, 7) is 5.39. The number of halogens is 1. The number of aliphatic imine (C=N–C) groups is 1. The molecule has 0 aliphatic heterocycles. The number of aromatic amines is 2. The Morgan fingerprint density at radius 2 is 1.95 bits per heavy atom. The highest BCUT2D eigenvalue weighted by atomic mass is 19.1. The average molecular weight is 547 g/mol. The van der Waals surface area contributed by atoms with Crippen LogP contribution in [0.4, 0.5) is 15.8 Å². The normalized spacial score (nSPS) is 11.6. The number of fused-ring (bicyclic) bond motifs is 2. The van der Waals surface area contributed by atoms with Crippen LogP contribution in [0.15, 0.2) is 84.1 Å². The lowest BCUT2D eigenvalue weighted by molar-refractivity contribution is 0.102. The molecule has 0 fully saturated rings. The molecule has 0 aliphatic carbocycles. The lowest BCUT2D eigenvalue weighted by atomic mass is 10.1. The molecule has 6 aromatic rings. The van der Waals surface area contributed by atoms with Crippen molar-refractivity contribution in [3.63, 3.8) is 0 Å². The second kappa shape index (κ2) is 10.4. The van der Waals surface area contributed by atoms with Gasteiger partial charge >= 0.3 is 0 Å². The number of rotatable bonds is 7. The van der Waals surface area contributed by atoms with Gasteiger partial charge in [0, 0.05) is 48.5 Å². The summed E-state index contributed by atoms with van der Waals surface area (Å²) in [6, 6.07) is 12.2. The predicted molar refractivity (Wildman–Crippen MR) is 156 cm³/mol. The van der Waals surface area contributed by atoms with Gasteiger partial charge in [0.25, 0.3) is 5.91 Å². The van der Waals surface area contributed by atoms with Gasteiger partial charge in [-0.3, -0.25) is 19.9 Å². The summed E-state index contributed by atoms with van der Waals surface area (Å²) in [6.07, 6.45) is 7.87. The molecule has 3 N–H and O–H groups in total. The molecule has 1 amide bonds. The van der Waals surface area contributed by atoms with E-state index in [-0.39, 0.29) is 28.2 Å².